The fraction of sp³-hybridized carbons (Fsp3) is 0.750. The lowest BCUT2D eigenvalue weighted by molar-refractivity contribution is -0.0980. The number of rotatable bonds is 29. The maximum Gasteiger partial charge on any atom is 0.106 e. The van der Waals surface area contributed by atoms with Crippen LogP contribution in [0, 0.1) is 0 Å². The predicted molar refractivity (Wildman–Crippen MR) is 150 cm³/mol. The number of aliphatic hydroxyl groups excluding tert-OH is 1. The second-order valence-corrected chi connectivity index (χ2v) is 7.89. The molecule has 0 heterocycles. The lowest BCUT2D eigenvalue weighted by Crippen LogP contribution is -2.25. The summed E-state index contributed by atoms with van der Waals surface area (Å²) in [6.45, 7) is 14.7. The molecule has 39 heavy (non-hydrogen) atoms. The lowest BCUT2D eigenvalue weighted by Gasteiger charge is -2.22. The number of para-hydroxylation sites is 1. The third-order valence-electron chi connectivity index (χ3n) is 5.06. The summed E-state index contributed by atoms with van der Waals surface area (Å²) in [7, 11) is 0. The Morgan fingerprint density at radius 3 is 1.23 bits per heavy atom. The van der Waals surface area contributed by atoms with Crippen LogP contribution in [0.4, 0.5) is 5.69 Å². The fourth-order valence-electron chi connectivity index (χ4n) is 3.17. The van der Waals surface area contributed by atoms with Crippen LogP contribution in [0.3, 0.4) is 0 Å². The second kappa shape index (κ2) is 32.5. The topological polar surface area (TPSA) is 114 Å². The smallest absolute Gasteiger partial charge is 0.106 e. The standard InChI is InChI=1S/C27H49NO9.CH2O/c1-2-28(27-7-4-3-5-8-27)9-6-11-30-13-15-32-17-19-34-21-23-36-25-26-37-24-22-35-20-18-33-16-14-31-12-10-29;1-2/h3-5,7-8,29H,2,6,9-26H2,1H3;1H2. The first-order valence-electron chi connectivity index (χ1n) is 13.7. The number of benzene rings is 1. The maximum absolute atomic E-state index is 8.56. The maximum atomic E-state index is 8.56. The van der Waals surface area contributed by atoms with E-state index in [1.54, 1.807) is 0 Å². The Labute approximate surface area is 234 Å². The minimum absolute atomic E-state index is 0.0315. The Kier molecular flexibility index (Phi) is 31.1. The van der Waals surface area contributed by atoms with E-state index in [2.05, 4.69) is 36.1 Å². The number of ether oxygens (including phenoxy) is 8. The van der Waals surface area contributed by atoms with Crippen molar-refractivity contribution in [2.45, 2.75) is 13.3 Å². The molecule has 1 N–H and O–H groups in total. The van der Waals surface area contributed by atoms with Gasteiger partial charge in [0.1, 0.15) is 6.79 Å². The summed E-state index contributed by atoms with van der Waals surface area (Å²) in [6.07, 6.45) is 0.990. The Bertz CT molecular complexity index is 585. The Morgan fingerprint density at radius 1 is 0.564 bits per heavy atom. The van der Waals surface area contributed by atoms with Gasteiger partial charge in [-0.1, -0.05) is 18.2 Å². The van der Waals surface area contributed by atoms with Crippen LogP contribution < -0.4 is 4.90 Å². The molecule has 1 rings (SSSR count). The van der Waals surface area contributed by atoms with Gasteiger partial charge in [0.25, 0.3) is 0 Å². The zero-order chi connectivity index (χ0) is 28.5. The van der Waals surface area contributed by atoms with Crippen LogP contribution >= 0.6 is 0 Å². The molecule has 0 fully saturated rings. The normalized spacial score (nSPS) is 10.8. The molecule has 0 radical (unpaired) electrons. The van der Waals surface area contributed by atoms with Gasteiger partial charge in [-0.15, -0.1) is 0 Å². The van der Waals surface area contributed by atoms with E-state index >= 15 is 0 Å². The van der Waals surface area contributed by atoms with Gasteiger partial charge in [0.05, 0.1) is 106 Å². The van der Waals surface area contributed by atoms with Crippen molar-refractivity contribution >= 4 is 12.5 Å². The Balaban J connectivity index is 0.00000704. The molecule has 11 heteroatoms. The van der Waals surface area contributed by atoms with Crippen molar-refractivity contribution in [2.75, 3.05) is 130 Å². The van der Waals surface area contributed by atoms with Gasteiger partial charge in [0, 0.05) is 25.4 Å². The first kappa shape index (κ1) is 37.3. The fourth-order valence-corrected chi connectivity index (χ4v) is 3.17. The van der Waals surface area contributed by atoms with E-state index in [1.807, 2.05) is 12.9 Å². The van der Waals surface area contributed by atoms with E-state index in [9.17, 15) is 0 Å². The van der Waals surface area contributed by atoms with Gasteiger partial charge in [-0.3, -0.25) is 0 Å². The average molecular weight is 562 g/mol. The largest absolute Gasteiger partial charge is 0.394 e. The van der Waals surface area contributed by atoms with Crippen molar-refractivity contribution in [3.63, 3.8) is 0 Å². The van der Waals surface area contributed by atoms with Crippen LogP contribution in [-0.2, 0) is 42.7 Å². The minimum atomic E-state index is 0.0315. The van der Waals surface area contributed by atoms with Crippen LogP contribution in [0.25, 0.3) is 0 Å². The molecule has 0 amide bonds. The summed E-state index contributed by atoms with van der Waals surface area (Å²) in [4.78, 5) is 10.4. The highest BCUT2D eigenvalue weighted by Crippen LogP contribution is 2.12. The van der Waals surface area contributed by atoms with Crippen LogP contribution in [0.1, 0.15) is 13.3 Å². The highest BCUT2D eigenvalue weighted by atomic mass is 16.6. The second-order valence-electron chi connectivity index (χ2n) is 7.89. The van der Waals surface area contributed by atoms with Crippen molar-refractivity contribution in [2.24, 2.45) is 0 Å². The van der Waals surface area contributed by atoms with E-state index in [4.69, 9.17) is 47.8 Å². The van der Waals surface area contributed by atoms with Crippen molar-refractivity contribution in [3.05, 3.63) is 30.3 Å². The van der Waals surface area contributed by atoms with Gasteiger partial charge in [0.15, 0.2) is 0 Å². The molecule has 0 aliphatic heterocycles. The molecule has 0 saturated heterocycles. The summed E-state index contributed by atoms with van der Waals surface area (Å²) >= 11 is 0. The third kappa shape index (κ3) is 26.3. The highest BCUT2D eigenvalue weighted by molar-refractivity contribution is 5.45. The number of carbonyl (C=O) groups is 1. The monoisotopic (exact) mass is 561 g/mol. The Morgan fingerprint density at radius 2 is 0.897 bits per heavy atom. The molecule has 0 aliphatic carbocycles. The summed E-state index contributed by atoms with van der Waals surface area (Å²) in [6, 6.07) is 10.5. The molecule has 11 nitrogen and oxygen atoms in total. The van der Waals surface area contributed by atoms with Gasteiger partial charge in [0.2, 0.25) is 0 Å². The molecular weight excluding hydrogens is 510 g/mol. The summed E-state index contributed by atoms with van der Waals surface area (Å²) in [5.41, 5.74) is 1.25. The predicted octanol–water partition coefficient (Wildman–Crippen LogP) is 1.84. The molecule has 0 saturated carbocycles. The first-order valence-corrected chi connectivity index (χ1v) is 13.7. The van der Waals surface area contributed by atoms with Crippen molar-refractivity contribution in [1.29, 1.82) is 0 Å². The quantitative estimate of drug-likeness (QED) is 0.145. The molecule has 0 aromatic heterocycles. The van der Waals surface area contributed by atoms with Gasteiger partial charge in [-0.25, -0.2) is 0 Å². The zero-order valence-electron chi connectivity index (χ0n) is 23.8. The van der Waals surface area contributed by atoms with E-state index in [-0.39, 0.29) is 6.61 Å². The van der Waals surface area contributed by atoms with E-state index in [0.717, 1.165) is 26.1 Å². The Hall–Kier alpha value is -1.67. The molecule has 228 valence electrons. The summed E-state index contributed by atoms with van der Waals surface area (Å²) in [5.74, 6) is 0. The van der Waals surface area contributed by atoms with Crippen LogP contribution in [0.15, 0.2) is 30.3 Å². The van der Waals surface area contributed by atoms with Gasteiger partial charge >= 0.3 is 0 Å². The van der Waals surface area contributed by atoms with Crippen LogP contribution in [0.5, 0.6) is 0 Å². The number of aliphatic hydroxyl groups is 1. The first-order chi connectivity index (χ1) is 19.4. The number of carbonyl (C=O) groups excluding carboxylic acids is 1. The van der Waals surface area contributed by atoms with E-state index in [1.165, 1.54) is 5.69 Å². The molecular formula is C28H51NO10. The van der Waals surface area contributed by atoms with Crippen molar-refractivity contribution < 1.29 is 47.8 Å². The van der Waals surface area contributed by atoms with Gasteiger partial charge < -0.3 is 52.7 Å². The number of hydrogen-bond acceptors (Lipinski definition) is 11. The van der Waals surface area contributed by atoms with Gasteiger partial charge in [-0.2, -0.15) is 0 Å². The van der Waals surface area contributed by atoms with Crippen molar-refractivity contribution in [3.8, 4) is 0 Å². The minimum Gasteiger partial charge on any atom is -0.394 e. The molecule has 0 spiro atoms. The third-order valence-corrected chi connectivity index (χ3v) is 5.06. The van der Waals surface area contributed by atoms with Gasteiger partial charge in [-0.05, 0) is 25.5 Å². The highest BCUT2D eigenvalue weighted by Gasteiger charge is 2.02. The SMILES string of the molecule is C=O.CCN(CCCOCCOCCOCCOCCOCCOCCOCCOCCO)c1ccccc1. The lowest BCUT2D eigenvalue weighted by atomic mass is 10.2. The van der Waals surface area contributed by atoms with E-state index in [0.29, 0.717) is 99.1 Å². The molecule has 0 bridgehead atoms. The average Bonchev–Trinajstić information content (AvgIpc) is 2.98. The molecule has 0 atom stereocenters. The molecule has 0 aliphatic rings. The molecule has 1 aromatic carbocycles. The van der Waals surface area contributed by atoms with Crippen LogP contribution in [0.2, 0.25) is 0 Å². The van der Waals surface area contributed by atoms with Crippen LogP contribution in [-0.4, -0.2) is 137 Å². The molecule has 1 aromatic rings. The summed E-state index contributed by atoms with van der Waals surface area (Å²) < 4.78 is 43.4. The van der Waals surface area contributed by atoms with Crippen molar-refractivity contribution in [1.82, 2.24) is 0 Å². The number of anilines is 1. The van der Waals surface area contributed by atoms with E-state index < -0.39 is 0 Å². The number of hydrogen-bond donors (Lipinski definition) is 1. The number of nitrogens with zero attached hydrogens (tertiary/aromatic N) is 1. The summed E-state index contributed by atoms with van der Waals surface area (Å²) in [5, 5.41) is 8.56. The molecule has 0 unspecified atom stereocenters. The zero-order valence-corrected chi connectivity index (χ0v) is 23.8.